The van der Waals surface area contributed by atoms with Crippen molar-refractivity contribution in [1.82, 2.24) is 15.1 Å². The summed E-state index contributed by atoms with van der Waals surface area (Å²) in [6, 6.07) is 0. The normalized spacial score (nSPS) is 19.9. The van der Waals surface area contributed by atoms with Crippen LogP contribution in [0, 0.1) is 0 Å². The fourth-order valence-corrected chi connectivity index (χ4v) is 2.90. The molecule has 2 heterocycles. The Morgan fingerprint density at radius 2 is 2.62 bits per heavy atom. The van der Waals surface area contributed by atoms with E-state index in [-0.39, 0.29) is 11.2 Å². The number of carbonyl (C=O) groups excluding carboxylic acids is 1. The zero-order chi connectivity index (χ0) is 11.5. The van der Waals surface area contributed by atoms with Gasteiger partial charge in [-0.1, -0.05) is 0 Å². The number of carbonyl (C=O) groups is 1. The van der Waals surface area contributed by atoms with E-state index in [2.05, 4.69) is 10.4 Å². The van der Waals surface area contributed by atoms with Gasteiger partial charge in [-0.2, -0.15) is 5.10 Å². The smallest absolute Gasteiger partial charge is 0.233 e. The summed E-state index contributed by atoms with van der Waals surface area (Å²) in [5.41, 5.74) is 6.66. The quantitative estimate of drug-likeness (QED) is 0.807. The summed E-state index contributed by atoms with van der Waals surface area (Å²) in [5.74, 6) is 1.82. The largest absolute Gasteiger partial charge is 0.384 e. The number of anilines is 1. The van der Waals surface area contributed by atoms with E-state index in [4.69, 9.17) is 5.73 Å². The van der Waals surface area contributed by atoms with Crippen LogP contribution in [-0.4, -0.2) is 26.7 Å². The molecule has 1 unspecified atom stereocenters. The molecule has 1 atom stereocenters. The van der Waals surface area contributed by atoms with E-state index < -0.39 is 0 Å². The van der Waals surface area contributed by atoms with Crippen LogP contribution in [0.5, 0.6) is 0 Å². The Kier molecular flexibility index (Phi) is 3.38. The van der Waals surface area contributed by atoms with Crippen LogP contribution < -0.4 is 11.1 Å². The maximum atomic E-state index is 11.7. The minimum absolute atomic E-state index is 0.116. The predicted molar refractivity (Wildman–Crippen MR) is 64.9 cm³/mol. The van der Waals surface area contributed by atoms with Gasteiger partial charge in [0.15, 0.2) is 0 Å². The Labute approximate surface area is 98.8 Å². The first-order valence-electron chi connectivity index (χ1n) is 5.34. The van der Waals surface area contributed by atoms with Crippen LogP contribution in [0.2, 0.25) is 0 Å². The highest BCUT2D eigenvalue weighted by molar-refractivity contribution is 8.00. The molecule has 5 nitrogen and oxygen atoms in total. The molecule has 0 saturated carbocycles. The molecule has 0 bridgehead atoms. The molecule has 0 aromatic carbocycles. The summed E-state index contributed by atoms with van der Waals surface area (Å²) in [6.07, 6.45) is 3.81. The van der Waals surface area contributed by atoms with Crippen LogP contribution in [0.15, 0.2) is 6.20 Å². The highest BCUT2D eigenvalue weighted by Crippen LogP contribution is 2.26. The molecule has 16 heavy (non-hydrogen) atoms. The molecular formula is C10H16N4OS. The second-order valence-electron chi connectivity index (χ2n) is 3.90. The molecule has 1 fully saturated rings. The number of hydrogen-bond acceptors (Lipinski definition) is 4. The molecule has 0 radical (unpaired) electrons. The number of aryl methyl sites for hydroxylation is 1. The molecule has 1 aromatic rings. The topological polar surface area (TPSA) is 72.9 Å². The standard InChI is InChI=1S/C10H16N4OS/c1-14-9(11)7(6-13-14)5-12-10(15)8-3-2-4-16-8/h6,8H,2-5,11H2,1H3,(H,12,15). The third kappa shape index (κ3) is 2.32. The van der Waals surface area contributed by atoms with Crippen LogP contribution in [0.3, 0.4) is 0 Å². The van der Waals surface area contributed by atoms with Gasteiger partial charge >= 0.3 is 0 Å². The van der Waals surface area contributed by atoms with Gasteiger partial charge in [-0.15, -0.1) is 11.8 Å². The Hall–Kier alpha value is -1.17. The van der Waals surface area contributed by atoms with E-state index in [1.54, 1.807) is 29.7 Å². The van der Waals surface area contributed by atoms with Crippen molar-refractivity contribution in [2.24, 2.45) is 7.05 Å². The number of rotatable bonds is 3. The van der Waals surface area contributed by atoms with Crippen LogP contribution in [-0.2, 0) is 18.4 Å². The molecule has 1 saturated heterocycles. The van der Waals surface area contributed by atoms with Gasteiger partial charge in [-0.05, 0) is 18.6 Å². The Bertz CT molecular complexity index is 384. The van der Waals surface area contributed by atoms with Gasteiger partial charge in [-0.25, -0.2) is 0 Å². The van der Waals surface area contributed by atoms with Crippen molar-refractivity contribution < 1.29 is 4.79 Å². The number of nitrogens with two attached hydrogens (primary N) is 1. The number of nitrogen functional groups attached to an aromatic ring is 1. The summed E-state index contributed by atoms with van der Waals surface area (Å²) in [6.45, 7) is 0.468. The monoisotopic (exact) mass is 240 g/mol. The molecule has 88 valence electrons. The van der Waals surface area contributed by atoms with Gasteiger partial charge in [0.25, 0.3) is 0 Å². The van der Waals surface area contributed by atoms with Gasteiger partial charge in [0.1, 0.15) is 5.82 Å². The molecule has 3 N–H and O–H groups in total. The number of thioether (sulfide) groups is 1. The molecular weight excluding hydrogens is 224 g/mol. The van der Waals surface area contributed by atoms with E-state index in [1.807, 2.05) is 0 Å². The lowest BCUT2D eigenvalue weighted by Gasteiger charge is -2.09. The first-order valence-corrected chi connectivity index (χ1v) is 6.39. The third-order valence-electron chi connectivity index (χ3n) is 2.74. The minimum atomic E-state index is 0.116. The zero-order valence-corrected chi connectivity index (χ0v) is 10.1. The number of aromatic nitrogens is 2. The van der Waals surface area contributed by atoms with E-state index in [0.29, 0.717) is 12.4 Å². The molecule has 1 aromatic heterocycles. The number of nitrogens with one attached hydrogen (secondary N) is 1. The number of hydrogen-bond donors (Lipinski definition) is 2. The van der Waals surface area contributed by atoms with Crippen molar-refractivity contribution in [3.05, 3.63) is 11.8 Å². The lowest BCUT2D eigenvalue weighted by atomic mass is 10.2. The van der Waals surface area contributed by atoms with Crippen molar-refractivity contribution in [1.29, 1.82) is 0 Å². The van der Waals surface area contributed by atoms with Crippen molar-refractivity contribution >= 4 is 23.5 Å². The molecule has 0 aliphatic carbocycles. The summed E-state index contributed by atoms with van der Waals surface area (Å²) in [7, 11) is 1.79. The maximum Gasteiger partial charge on any atom is 0.233 e. The van der Waals surface area contributed by atoms with Crippen LogP contribution >= 0.6 is 11.8 Å². The van der Waals surface area contributed by atoms with Crippen molar-refractivity contribution in [2.75, 3.05) is 11.5 Å². The van der Waals surface area contributed by atoms with Crippen LogP contribution in [0.25, 0.3) is 0 Å². The highest BCUT2D eigenvalue weighted by Gasteiger charge is 2.23. The minimum Gasteiger partial charge on any atom is -0.384 e. The predicted octanol–water partition coefficient (Wildman–Crippen LogP) is 0.514. The zero-order valence-electron chi connectivity index (χ0n) is 9.27. The number of nitrogens with zero attached hydrogens (tertiary/aromatic N) is 2. The van der Waals surface area contributed by atoms with E-state index in [9.17, 15) is 4.79 Å². The van der Waals surface area contributed by atoms with Crippen molar-refractivity contribution in [3.8, 4) is 0 Å². The lowest BCUT2D eigenvalue weighted by molar-refractivity contribution is -0.120. The maximum absolute atomic E-state index is 11.7. The molecule has 1 amide bonds. The first kappa shape index (κ1) is 11.3. The van der Waals surface area contributed by atoms with E-state index in [0.717, 1.165) is 24.2 Å². The first-order chi connectivity index (χ1) is 7.68. The SMILES string of the molecule is Cn1ncc(CNC(=O)C2CCCS2)c1N. The van der Waals surface area contributed by atoms with Crippen molar-refractivity contribution in [3.63, 3.8) is 0 Å². The molecule has 6 heteroatoms. The molecule has 0 spiro atoms. The average Bonchev–Trinajstić information content (AvgIpc) is 2.89. The Morgan fingerprint density at radius 3 is 3.19 bits per heavy atom. The van der Waals surface area contributed by atoms with Gasteiger partial charge in [0.2, 0.25) is 5.91 Å². The molecule has 2 rings (SSSR count). The van der Waals surface area contributed by atoms with E-state index in [1.165, 1.54) is 0 Å². The molecule has 1 aliphatic heterocycles. The fourth-order valence-electron chi connectivity index (χ4n) is 1.71. The van der Waals surface area contributed by atoms with Gasteiger partial charge in [0, 0.05) is 19.2 Å². The summed E-state index contributed by atoms with van der Waals surface area (Å²) < 4.78 is 1.60. The van der Waals surface area contributed by atoms with Gasteiger partial charge < -0.3 is 11.1 Å². The fraction of sp³-hybridized carbons (Fsp3) is 0.600. The van der Waals surface area contributed by atoms with Crippen molar-refractivity contribution in [2.45, 2.75) is 24.6 Å². The van der Waals surface area contributed by atoms with E-state index >= 15 is 0 Å². The second-order valence-corrected chi connectivity index (χ2v) is 5.21. The van der Waals surface area contributed by atoms with Crippen LogP contribution in [0.1, 0.15) is 18.4 Å². The summed E-state index contributed by atoms with van der Waals surface area (Å²) >= 11 is 1.73. The highest BCUT2D eigenvalue weighted by atomic mass is 32.2. The lowest BCUT2D eigenvalue weighted by Crippen LogP contribution is -2.30. The Morgan fingerprint density at radius 1 is 1.81 bits per heavy atom. The van der Waals surface area contributed by atoms with Crippen LogP contribution in [0.4, 0.5) is 5.82 Å². The molecule has 1 aliphatic rings. The third-order valence-corrected chi connectivity index (χ3v) is 4.12. The second kappa shape index (κ2) is 4.78. The summed E-state index contributed by atoms with van der Waals surface area (Å²) in [4.78, 5) is 11.7. The van der Waals surface area contributed by atoms with Gasteiger partial charge in [-0.3, -0.25) is 9.48 Å². The average molecular weight is 240 g/mol. The Balaban J connectivity index is 1.87. The number of amides is 1. The van der Waals surface area contributed by atoms with Gasteiger partial charge in [0.05, 0.1) is 11.4 Å². The summed E-state index contributed by atoms with van der Waals surface area (Å²) in [5, 5.41) is 7.05.